The largest absolute Gasteiger partial charge is 0.310 e. The van der Waals surface area contributed by atoms with Crippen molar-refractivity contribution in [3.63, 3.8) is 0 Å². The minimum atomic E-state index is -0.623. The Morgan fingerprint density at radius 2 is 0.545 bits per heavy atom. The van der Waals surface area contributed by atoms with E-state index in [0.717, 1.165) is 34.0 Å². The van der Waals surface area contributed by atoms with E-state index in [0.29, 0.717) is 0 Å². The molecule has 0 saturated carbocycles. The molecule has 4 aliphatic rings. The van der Waals surface area contributed by atoms with E-state index in [4.69, 9.17) is 0 Å². The van der Waals surface area contributed by atoms with Crippen LogP contribution in [0.25, 0.3) is 33.4 Å². The first kappa shape index (κ1) is 43.4. The van der Waals surface area contributed by atoms with Gasteiger partial charge in [-0.05, 0) is 163 Å². The quantitative estimate of drug-likeness (QED) is 0.164. The molecule has 2 spiro atoms. The second-order valence-corrected chi connectivity index (χ2v) is 20.7. The van der Waals surface area contributed by atoms with Crippen molar-refractivity contribution in [2.75, 3.05) is 14.7 Å². The molecule has 0 unspecified atom stereocenters. The van der Waals surface area contributed by atoms with Crippen molar-refractivity contribution in [3.8, 4) is 33.4 Å². The third-order valence-electron chi connectivity index (χ3n) is 17.0. The number of anilines is 9. The third kappa shape index (κ3) is 6.02. The summed E-state index contributed by atoms with van der Waals surface area (Å²) in [4.78, 5) is 7.44. The number of rotatable bonds is 6. The Kier molecular flexibility index (Phi) is 9.47. The lowest BCUT2D eigenvalue weighted by Crippen LogP contribution is -2.36. The molecule has 0 fully saturated rings. The van der Waals surface area contributed by atoms with Crippen LogP contribution in [0.3, 0.4) is 0 Å². The Morgan fingerprint density at radius 3 is 0.974 bits per heavy atom. The van der Waals surface area contributed by atoms with Gasteiger partial charge in [-0.1, -0.05) is 212 Å². The van der Waals surface area contributed by atoms with Gasteiger partial charge in [-0.25, -0.2) is 0 Å². The third-order valence-corrected chi connectivity index (χ3v) is 17.0. The van der Waals surface area contributed by atoms with Gasteiger partial charge >= 0.3 is 0 Å². The number of para-hydroxylation sites is 6. The van der Waals surface area contributed by atoms with Crippen LogP contribution in [0.1, 0.15) is 44.5 Å². The van der Waals surface area contributed by atoms with Crippen LogP contribution in [0, 0.1) is 0 Å². The Morgan fingerprint density at radius 1 is 0.221 bits per heavy atom. The van der Waals surface area contributed by atoms with Gasteiger partial charge in [-0.3, -0.25) is 0 Å². The van der Waals surface area contributed by atoms with E-state index in [2.05, 4.69) is 312 Å². The fraction of sp³-hybridized carbons (Fsp3) is 0.0270. The van der Waals surface area contributed by atoms with Crippen LogP contribution in [0.5, 0.6) is 0 Å². The summed E-state index contributed by atoms with van der Waals surface area (Å²) in [5.74, 6) is 0. The van der Waals surface area contributed by atoms with Crippen molar-refractivity contribution in [1.29, 1.82) is 0 Å². The normalized spacial score (nSPS) is 14.1. The predicted molar refractivity (Wildman–Crippen MR) is 318 cm³/mol. The van der Waals surface area contributed by atoms with Crippen molar-refractivity contribution in [3.05, 3.63) is 342 Å². The zero-order chi connectivity index (χ0) is 50.7. The van der Waals surface area contributed by atoms with E-state index < -0.39 is 10.8 Å². The minimum absolute atomic E-state index is 0.623. The van der Waals surface area contributed by atoms with E-state index in [9.17, 15) is 0 Å². The standard InChI is InChI=1S/C74H49N3/c1-4-23-50(24-5-1)51-25-22-30-54(47-51)75(55-43-45-59-57-31-10-12-33-61(57)73(67(59)48-55)63-35-14-18-39-69(63)76(52-26-6-2-7-27-52)70-40-19-15-36-64(70)73)56-44-46-60-58-32-11-13-34-62(58)74(68(60)49-56)65-37-16-20-41-71(65)77(53-28-8-3-9-29-53)72-42-21-17-38-66(72)74/h1-49H. The molecular weight excluding hydrogens is 931 g/mol. The number of hydrogen-bond donors (Lipinski definition) is 0. The van der Waals surface area contributed by atoms with Gasteiger partial charge in [0, 0.05) is 28.4 Å². The Bertz CT molecular complexity index is 3980. The van der Waals surface area contributed by atoms with Crippen molar-refractivity contribution in [1.82, 2.24) is 0 Å². The van der Waals surface area contributed by atoms with Gasteiger partial charge in [0.15, 0.2) is 0 Å². The molecule has 12 aromatic rings. The molecule has 12 aromatic carbocycles. The number of benzene rings is 12. The Labute approximate surface area is 449 Å². The highest BCUT2D eigenvalue weighted by Gasteiger charge is 2.54. The fourth-order valence-electron chi connectivity index (χ4n) is 14.1. The van der Waals surface area contributed by atoms with E-state index in [-0.39, 0.29) is 0 Å². The lowest BCUT2D eigenvalue weighted by molar-refractivity contribution is 0.752. The Hall–Kier alpha value is -9.96. The van der Waals surface area contributed by atoms with Gasteiger partial charge in [-0.2, -0.15) is 0 Å². The smallest absolute Gasteiger partial charge is 0.0755 e. The lowest BCUT2D eigenvalue weighted by Gasteiger charge is -2.45. The van der Waals surface area contributed by atoms with Gasteiger partial charge < -0.3 is 14.7 Å². The fourth-order valence-corrected chi connectivity index (χ4v) is 14.1. The van der Waals surface area contributed by atoms with Crippen molar-refractivity contribution in [2.45, 2.75) is 10.8 Å². The molecule has 0 atom stereocenters. The van der Waals surface area contributed by atoms with E-state index in [1.54, 1.807) is 0 Å². The first-order valence-corrected chi connectivity index (χ1v) is 26.8. The van der Waals surface area contributed by atoms with Crippen molar-refractivity contribution < 1.29 is 0 Å². The van der Waals surface area contributed by atoms with Gasteiger partial charge in [-0.15, -0.1) is 0 Å². The maximum atomic E-state index is 2.52. The van der Waals surface area contributed by atoms with Crippen LogP contribution >= 0.6 is 0 Å². The number of hydrogen-bond acceptors (Lipinski definition) is 3. The molecular formula is C74H49N3. The first-order chi connectivity index (χ1) is 38.2. The van der Waals surface area contributed by atoms with Crippen LogP contribution in [0.15, 0.2) is 297 Å². The molecule has 0 saturated heterocycles. The molecule has 0 radical (unpaired) electrons. The first-order valence-electron chi connectivity index (χ1n) is 26.8. The van der Waals surface area contributed by atoms with Crippen LogP contribution in [-0.2, 0) is 10.8 Å². The van der Waals surface area contributed by atoms with Gasteiger partial charge in [0.25, 0.3) is 0 Å². The lowest BCUT2D eigenvalue weighted by atomic mass is 9.64. The summed E-state index contributed by atoms with van der Waals surface area (Å²) in [6.45, 7) is 0. The van der Waals surface area contributed by atoms with Crippen molar-refractivity contribution in [2.24, 2.45) is 0 Å². The van der Waals surface area contributed by atoms with E-state index in [1.807, 2.05) is 0 Å². The summed E-state index contributed by atoms with van der Waals surface area (Å²) >= 11 is 0. The summed E-state index contributed by atoms with van der Waals surface area (Å²) in [6, 6.07) is 111. The summed E-state index contributed by atoms with van der Waals surface area (Å²) in [5.41, 5.74) is 26.6. The molecule has 3 heteroatoms. The van der Waals surface area contributed by atoms with Gasteiger partial charge in [0.1, 0.15) is 0 Å². The summed E-state index contributed by atoms with van der Waals surface area (Å²) in [6.07, 6.45) is 0. The van der Waals surface area contributed by atoms with Crippen LogP contribution in [0.4, 0.5) is 51.2 Å². The van der Waals surface area contributed by atoms with Gasteiger partial charge in [0.05, 0.1) is 33.6 Å². The maximum Gasteiger partial charge on any atom is 0.0755 e. The maximum absolute atomic E-state index is 2.52. The zero-order valence-electron chi connectivity index (χ0n) is 42.1. The average Bonchev–Trinajstić information content (AvgIpc) is 3.69. The molecule has 0 bridgehead atoms. The van der Waals surface area contributed by atoms with Crippen LogP contribution in [-0.4, -0.2) is 0 Å². The second-order valence-electron chi connectivity index (χ2n) is 20.7. The van der Waals surface area contributed by atoms with Gasteiger partial charge in [0.2, 0.25) is 0 Å². The summed E-state index contributed by atoms with van der Waals surface area (Å²) in [7, 11) is 0. The second kappa shape index (κ2) is 16.8. The molecule has 0 N–H and O–H groups in total. The summed E-state index contributed by atoms with van der Waals surface area (Å²) in [5, 5.41) is 0. The SMILES string of the molecule is c1ccc(-c2cccc(N(c3ccc4c(c3)C3(c5ccccc5-4)c4ccccc4N(c4ccccc4)c4ccccc43)c3ccc4c(c3)C3(c5ccccc5-4)c4ccccc4N(c4ccccc4)c4ccccc43)c2)cc1. The predicted octanol–water partition coefficient (Wildman–Crippen LogP) is 19.1. The molecule has 0 aromatic heterocycles. The minimum Gasteiger partial charge on any atom is -0.310 e. The molecule has 3 nitrogen and oxygen atoms in total. The van der Waals surface area contributed by atoms with Crippen LogP contribution in [0.2, 0.25) is 0 Å². The molecule has 16 rings (SSSR count). The monoisotopic (exact) mass is 979 g/mol. The Balaban J connectivity index is 0.967. The summed E-state index contributed by atoms with van der Waals surface area (Å²) < 4.78 is 0. The zero-order valence-corrected chi connectivity index (χ0v) is 42.1. The number of fused-ring (bicyclic) bond motifs is 18. The molecule has 2 aliphatic heterocycles. The van der Waals surface area contributed by atoms with E-state index >= 15 is 0 Å². The topological polar surface area (TPSA) is 9.72 Å². The highest BCUT2D eigenvalue weighted by molar-refractivity contribution is 6.00. The molecule has 0 amide bonds. The highest BCUT2D eigenvalue weighted by Crippen LogP contribution is 2.66. The molecule has 360 valence electrons. The van der Waals surface area contributed by atoms with Crippen LogP contribution < -0.4 is 14.7 Å². The average molecular weight is 980 g/mol. The number of nitrogens with zero attached hydrogens (tertiary/aromatic N) is 3. The van der Waals surface area contributed by atoms with Crippen molar-refractivity contribution >= 4 is 51.2 Å². The highest BCUT2D eigenvalue weighted by atomic mass is 15.2. The molecule has 2 heterocycles. The van der Waals surface area contributed by atoms with E-state index in [1.165, 1.54) is 95.1 Å². The molecule has 2 aliphatic carbocycles. The molecule has 77 heavy (non-hydrogen) atoms.